The molecule has 0 radical (unpaired) electrons. The molecule has 0 spiro atoms. The number of anilines is 1. The van der Waals surface area contributed by atoms with E-state index in [1.54, 1.807) is 12.1 Å². The molecule has 0 aliphatic heterocycles. The molecule has 2 rings (SSSR count). The van der Waals surface area contributed by atoms with Gasteiger partial charge in [-0.3, -0.25) is 4.79 Å². The van der Waals surface area contributed by atoms with Crippen molar-refractivity contribution in [1.29, 1.82) is 0 Å². The third-order valence-electron chi connectivity index (χ3n) is 2.67. The molecule has 0 aliphatic carbocycles. The summed E-state index contributed by atoms with van der Waals surface area (Å²) in [4.78, 5) is 12.0. The number of phenols is 1. The first-order valence-corrected chi connectivity index (χ1v) is 5.92. The van der Waals surface area contributed by atoms with Crippen LogP contribution in [0, 0.1) is 12.7 Å². The first-order chi connectivity index (χ1) is 8.99. The molecule has 19 heavy (non-hydrogen) atoms. The molecule has 1 amide bonds. The zero-order chi connectivity index (χ0) is 14.0. The number of amides is 1. The summed E-state index contributed by atoms with van der Waals surface area (Å²) < 4.78 is 13.2. The minimum absolute atomic E-state index is 0.199. The van der Waals surface area contributed by atoms with Crippen molar-refractivity contribution in [2.75, 3.05) is 5.32 Å². The Hall–Kier alpha value is -2.07. The van der Waals surface area contributed by atoms with Gasteiger partial charge in [0.05, 0.1) is 10.6 Å². The molecule has 2 aromatic carbocycles. The van der Waals surface area contributed by atoms with Gasteiger partial charge in [0.15, 0.2) is 0 Å². The maximum Gasteiger partial charge on any atom is 0.259 e. The monoisotopic (exact) mass is 279 g/mol. The number of carbonyl (C=O) groups is 1. The molecule has 5 heteroatoms. The average molecular weight is 280 g/mol. The highest BCUT2D eigenvalue weighted by Gasteiger charge is 2.16. The Balaban J connectivity index is 2.33. The number of nitrogens with one attached hydrogen (secondary N) is 1. The van der Waals surface area contributed by atoms with E-state index < -0.39 is 17.5 Å². The third-order valence-corrected chi connectivity index (χ3v) is 2.95. The highest BCUT2D eigenvalue weighted by molar-refractivity contribution is 6.32. The van der Waals surface area contributed by atoms with E-state index >= 15 is 0 Å². The van der Waals surface area contributed by atoms with Crippen LogP contribution in [0.4, 0.5) is 10.1 Å². The second kappa shape index (κ2) is 5.28. The normalized spacial score (nSPS) is 10.3. The molecule has 0 atom stereocenters. The molecule has 0 fully saturated rings. The second-order valence-corrected chi connectivity index (χ2v) is 4.46. The lowest BCUT2D eigenvalue weighted by atomic mass is 10.1. The Morgan fingerprint density at radius 3 is 2.68 bits per heavy atom. The van der Waals surface area contributed by atoms with Crippen molar-refractivity contribution in [3.8, 4) is 5.75 Å². The molecule has 0 aromatic heterocycles. The smallest absolute Gasteiger partial charge is 0.259 e. The van der Waals surface area contributed by atoms with Gasteiger partial charge in [0.25, 0.3) is 5.91 Å². The lowest BCUT2D eigenvalue weighted by molar-refractivity contribution is 0.102. The minimum Gasteiger partial charge on any atom is -0.506 e. The predicted octanol–water partition coefficient (Wildman–Crippen LogP) is 3.75. The van der Waals surface area contributed by atoms with E-state index in [9.17, 15) is 14.3 Å². The van der Waals surface area contributed by atoms with Gasteiger partial charge in [0.1, 0.15) is 11.6 Å². The SMILES string of the molecule is Cc1ccccc1NC(=O)c1cc(F)cc(Cl)c1O. The van der Waals surface area contributed by atoms with E-state index in [2.05, 4.69) is 5.32 Å². The summed E-state index contributed by atoms with van der Waals surface area (Å²) in [6.45, 7) is 1.83. The van der Waals surface area contributed by atoms with Crippen molar-refractivity contribution >= 4 is 23.2 Å². The molecule has 0 bridgehead atoms. The first kappa shape index (κ1) is 13.4. The molecular formula is C14H11ClFNO2. The Morgan fingerprint density at radius 1 is 1.32 bits per heavy atom. The lowest BCUT2D eigenvalue weighted by Gasteiger charge is -2.10. The minimum atomic E-state index is -0.683. The van der Waals surface area contributed by atoms with Crippen LogP contribution in [0.15, 0.2) is 36.4 Å². The molecule has 0 saturated carbocycles. The van der Waals surface area contributed by atoms with Gasteiger partial charge < -0.3 is 10.4 Å². The summed E-state index contributed by atoms with van der Waals surface area (Å²) in [6, 6.07) is 9.03. The summed E-state index contributed by atoms with van der Waals surface area (Å²) >= 11 is 5.63. The maximum atomic E-state index is 13.2. The Bertz CT molecular complexity index is 643. The number of para-hydroxylation sites is 1. The molecule has 0 aliphatic rings. The molecule has 0 heterocycles. The van der Waals surface area contributed by atoms with Gasteiger partial charge in [-0.1, -0.05) is 29.8 Å². The van der Waals surface area contributed by atoms with Crippen LogP contribution in [-0.2, 0) is 0 Å². The van der Waals surface area contributed by atoms with Gasteiger partial charge in [0.2, 0.25) is 0 Å². The number of phenolic OH excluding ortho intramolecular Hbond substituents is 1. The number of aryl methyl sites for hydroxylation is 1. The van der Waals surface area contributed by atoms with Crippen molar-refractivity contribution in [3.63, 3.8) is 0 Å². The number of halogens is 2. The van der Waals surface area contributed by atoms with Gasteiger partial charge >= 0.3 is 0 Å². The molecule has 0 unspecified atom stereocenters. The fourth-order valence-corrected chi connectivity index (χ4v) is 1.85. The van der Waals surface area contributed by atoms with Crippen LogP contribution >= 0.6 is 11.6 Å². The fraction of sp³-hybridized carbons (Fsp3) is 0.0714. The zero-order valence-corrected chi connectivity index (χ0v) is 10.8. The molecule has 2 aromatic rings. The van der Waals surface area contributed by atoms with Gasteiger partial charge in [-0.05, 0) is 30.7 Å². The zero-order valence-electron chi connectivity index (χ0n) is 10.1. The number of rotatable bonds is 2. The van der Waals surface area contributed by atoms with Gasteiger partial charge in [-0.2, -0.15) is 0 Å². The van der Waals surface area contributed by atoms with Crippen LogP contribution in [0.3, 0.4) is 0 Å². The summed E-state index contributed by atoms with van der Waals surface area (Å²) in [5, 5.41) is 12.1. The molecule has 2 N–H and O–H groups in total. The van der Waals surface area contributed by atoms with Gasteiger partial charge in [-0.15, -0.1) is 0 Å². The molecular weight excluding hydrogens is 269 g/mol. The van der Waals surface area contributed by atoms with Crippen molar-refractivity contribution in [2.24, 2.45) is 0 Å². The third kappa shape index (κ3) is 2.85. The Labute approximate surface area is 114 Å². The predicted molar refractivity (Wildman–Crippen MR) is 72.2 cm³/mol. The number of carbonyl (C=O) groups excluding carboxylic acids is 1. The Morgan fingerprint density at radius 2 is 2.00 bits per heavy atom. The Kier molecular flexibility index (Phi) is 3.71. The van der Waals surface area contributed by atoms with Gasteiger partial charge in [0, 0.05) is 5.69 Å². The van der Waals surface area contributed by atoms with E-state index in [4.69, 9.17) is 11.6 Å². The highest BCUT2D eigenvalue weighted by Crippen LogP contribution is 2.29. The topological polar surface area (TPSA) is 49.3 Å². The summed E-state index contributed by atoms with van der Waals surface area (Å²) in [5.41, 5.74) is 1.25. The highest BCUT2D eigenvalue weighted by atomic mass is 35.5. The molecule has 98 valence electrons. The summed E-state index contributed by atoms with van der Waals surface area (Å²) in [5.74, 6) is -1.74. The first-order valence-electron chi connectivity index (χ1n) is 5.54. The van der Waals surface area contributed by atoms with E-state index in [0.717, 1.165) is 17.7 Å². The summed E-state index contributed by atoms with van der Waals surface area (Å²) in [7, 11) is 0. The van der Waals surface area contributed by atoms with E-state index in [1.807, 2.05) is 19.1 Å². The molecule has 3 nitrogen and oxygen atoms in total. The summed E-state index contributed by atoms with van der Waals surface area (Å²) in [6.07, 6.45) is 0. The van der Waals surface area contributed by atoms with Crippen LogP contribution in [0.2, 0.25) is 5.02 Å². The number of aromatic hydroxyl groups is 1. The van der Waals surface area contributed by atoms with Crippen molar-refractivity contribution in [1.82, 2.24) is 0 Å². The number of hydrogen-bond acceptors (Lipinski definition) is 2. The quantitative estimate of drug-likeness (QED) is 0.880. The maximum absolute atomic E-state index is 13.2. The van der Waals surface area contributed by atoms with Crippen molar-refractivity contribution < 1.29 is 14.3 Å². The van der Waals surface area contributed by atoms with Crippen molar-refractivity contribution in [2.45, 2.75) is 6.92 Å². The standard InChI is InChI=1S/C14H11ClFNO2/c1-8-4-2-3-5-12(8)17-14(19)10-6-9(16)7-11(15)13(10)18/h2-7,18H,1H3,(H,17,19). The van der Waals surface area contributed by atoms with Gasteiger partial charge in [-0.25, -0.2) is 4.39 Å². The number of benzene rings is 2. The van der Waals surface area contributed by atoms with Crippen LogP contribution in [0.25, 0.3) is 0 Å². The van der Waals surface area contributed by atoms with E-state index in [1.165, 1.54) is 0 Å². The van der Waals surface area contributed by atoms with Crippen LogP contribution < -0.4 is 5.32 Å². The van der Waals surface area contributed by atoms with Crippen molar-refractivity contribution in [3.05, 3.63) is 58.4 Å². The van der Waals surface area contributed by atoms with E-state index in [0.29, 0.717) is 5.69 Å². The van der Waals surface area contributed by atoms with Crippen LogP contribution in [0.5, 0.6) is 5.75 Å². The lowest BCUT2D eigenvalue weighted by Crippen LogP contribution is -2.13. The van der Waals surface area contributed by atoms with E-state index in [-0.39, 0.29) is 10.6 Å². The largest absolute Gasteiger partial charge is 0.506 e. The molecule has 0 saturated heterocycles. The van der Waals surface area contributed by atoms with Crippen LogP contribution in [-0.4, -0.2) is 11.0 Å². The average Bonchev–Trinajstić information content (AvgIpc) is 2.36. The number of hydrogen-bond donors (Lipinski definition) is 2. The van der Waals surface area contributed by atoms with Crippen LogP contribution in [0.1, 0.15) is 15.9 Å². The second-order valence-electron chi connectivity index (χ2n) is 4.05. The fourth-order valence-electron chi connectivity index (χ4n) is 1.64.